The van der Waals surface area contributed by atoms with Crippen LogP contribution in [0.1, 0.15) is 20.7 Å². The summed E-state index contributed by atoms with van der Waals surface area (Å²) in [5.41, 5.74) is 1.31. The number of rotatable bonds is 3. The third-order valence-electron chi connectivity index (χ3n) is 2.45. The van der Waals surface area contributed by atoms with Gasteiger partial charge in [-0.2, -0.15) is 0 Å². The molecule has 0 aliphatic carbocycles. The second-order valence-electron chi connectivity index (χ2n) is 3.82. The summed E-state index contributed by atoms with van der Waals surface area (Å²) in [5, 5.41) is 2.67. The lowest BCUT2D eigenvalue weighted by Crippen LogP contribution is -2.11. The van der Waals surface area contributed by atoms with Crippen LogP contribution in [-0.2, 0) is 0 Å². The quantitative estimate of drug-likeness (QED) is 0.871. The van der Waals surface area contributed by atoms with Crippen molar-refractivity contribution in [3.63, 3.8) is 0 Å². The second kappa shape index (κ2) is 5.87. The van der Waals surface area contributed by atoms with Crippen molar-refractivity contribution in [2.75, 3.05) is 5.32 Å². The largest absolute Gasteiger partial charge is 0.322 e. The van der Waals surface area contributed by atoms with Gasteiger partial charge in [0.15, 0.2) is 0 Å². The fraction of sp³-hybridized carbons (Fsp3) is 0. The number of nitrogens with one attached hydrogen (secondary N) is 1. The van der Waals surface area contributed by atoms with Gasteiger partial charge in [-0.05, 0) is 54.1 Å². The maximum atomic E-state index is 11.9. The highest BCUT2D eigenvalue weighted by Gasteiger charge is 2.07. The average Bonchev–Trinajstić information content (AvgIpc) is 2.39. The molecule has 3 nitrogen and oxygen atoms in total. The second-order valence-corrected chi connectivity index (χ2v) is 4.60. The normalized spacial score (nSPS) is 10.0. The van der Waals surface area contributed by atoms with E-state index in [-0.39, 0.29) is 5.91 Å². The van der Waals surface area contributed by atoms with Gasteiger partial charge >= 0.3 is 0 Å². The molecule has 0 aliphatic heterocycles. The molecule has 0 saturated heterocycles. The Bertz CT molecular complexity index is 624. The van der Waals surface area contributed by atoms with Crippen LogP contribution in [0.5, 0.6) is 0 Å². The summed E-state index contributed by atoms with van der Waals surface area (Å²) in [4.78, 5) is 23.0. The lowest BCUT2D eigenvalue weighted by molar-refractivity contribution is 0.102. The third kappa shape index (κ3) is 3.56. The lowest BCUT2D eigenvalue weighted by atomic mass is 10.2. The Balaban J connectivity index is 2.17. The van der Waals surface area contributed by atoms with Crippen molar-refractivity contribution in [3.8, 4) is 0 Å². The first-order chi connectivity index (χ1) is 9.06. The van der Waals surface area contributed by atoms with Gasteiger partial charge in [0.05, 0.1) is 0 Å². The Kier molecular flexibility index (Phi) is 4.20. The predicted molar refractivity (Wildman–Crippen MR) is 76.0 cm³/mol. The van der Waals surface area contributed by atoms with E-state index in [1.54, 1.807) is 42.5 Å². The molecule has 5 heteroatoms. The summed E-state index contributed by atoms with van der Waals surface area (Å²) >= 11 is 11.1. The maximum Gasteiger partial charge on any atom is 0.255 e. The molecule has 0 spiro atoms. The van der Waals surface area contributed by atoms with Crippen LogP contribution in [0.25, 0.3) is 0 Å². The summed E-state index contributed by atoms with van der Waals surface area (Å²) in [7, 11) is 0. The Morgan fingerprint density at radius 3 is 2.26 bits per heavy atom. The van der Waals surface area contributed by atoms with E-state index in [2.05, 4.69) is 5.32 Å². The van der Waals surface area contributed by atoms with Crippen LogP contribution in [0.15, 0.2) is 48.5 Å². The van der Waals surface area contributed by atoms with Gasteiger partial charge in [-0.1, -0.05) is 17.7 Å². The number of anilines is 1. The molecule has 0 atom stereocenters. The van der Waals surface area contributed by atoms with Gasteiger partial charge in [0, 0.05) is 21.8 Å². The Hall–Kier alpha value is -1.84. The van der Waals surface area contributed by atoms with Gasteiger partial charge in [0.1, 0.15) is 0 Å². The van der Waals surface area contributed by atoms with E-state index in [9.17, 15) is 9.59 Å². The van der Waals surface area contributed by atoms with Gasteiger partial charge in [-0.25, -0.2) is 0 Å². The molecule has 2 aromatic carbocycles. The molecule has 19 heavy (non-hydrogen) atoms. The minimum absolute atomic E-state index is 0.282. The molecular weight excluding hydrogens is 285 g/mol. The molecule has 0 bridgehead atoms. The summed E-state index contributed by atoms with van der Waals surface area (Å²) in [5.74, 6) is -0.282. The number of carbonyl (C=O) groups excluding carboxylic acids is 2. The molecule has 0 aromatic heterocycles. The predicted octanol–water partition coefficient (Wildman–Crippen LogP) is 3.97. The smallest absolute Gasteiger partial charge is 0.255 e. The number of hydrogen-bond acceptors (Lipinski definition) is 2. The van der Waals surface area contributed by atoms with Crippen LogP contribution in [0.3, 0.4) is 0 Å². The van der Waals surface area contributed by atoms with Gasteiger partial charge in [-0.3, -0.25) is 9.59 Å². The molecule has 0 unspecified atom stereocenters. The molecule has 0 heterocycles. The third-order valence-corrected chi connectivity index (χ3v) is 2.92. The van der Waals surface area contributed by atoms with E-state index in [0.29, 0.717) is 21.8 Å². The van der Waals surface area contributed by atoms with Gasteiger partial charge in [0.25, 0.3) is 11.1 Å². The molecule has 2 aromatic rings. The Morgan fingerprint density at radius 1 is 0.947 bits per heavy atom. The van der Waals surface area contributed by atoms with Crippen molar-refractivity contribution in [1.82, 2.24) is 0 Å². The number of benzene rings is 2. The van der Waals surface area contributed by atoms with Crippen LogP contribution < -0.4 is 5.32 Å². The lowest BCUT2D eigenvalue weighted by Gasteiger charge is -2.06. The molecule has 0 aliphatic rings. The maximum absolute atomic E-state index is 11.9. The van der Waals surface area contributed by atoms with Crippen LogP contribution in [0.2, 0.25) is 5.02 Å². The molecule has 96 valence electrons. The van der Waals surface area contributed by atoms with Crippen molar-refractivity contribution < 1.29 is 9.59 Å². The Morgan fingerprint density at radius 2 is 1.63 bits per heavy atom. The number of halogens is 2. The van der Waals surface area contributed by atoms with Crippen LogP contribution in [0.4, 0.5) is 5.69 Å². The van der Waals surface area contributed by atoms with Crippen molar-refractivity contribution in [2.24, 2.45) is 0 Å². The zero-order valence-electron chi connectivity index (χ0n) is 9.69. The molecule has 1 amide bonds. The molecule has 0 fully saturated rings. The van der Waals surface area contributed by atoms with E-state index < -0.39 is 5.24 Å². The first-order valence-electron chi connectivity index (χ1n) is 5.43. The standard InChI is InChI=1S/C14H9Cl2NO2/c15-11-6-4-9(5-7-11)14(19)17-12-3-1-2-10(8-12)13(16)18/h1-8H,(H,17,19). The van der Waals surface area contributed by atoms with E-state index in [0.717, 1.165) is 0 Å². The molecule has 1 N–H and O–H groups in total. The van der Waals surface area contributed by atoms with Crippen LogP contribution in [0, 0.1) is 0 Å². The van der Waals surface area contributed by atoms with Crippen LogP contribution >= 0.6 is 23.2 Å². The summed E-state index contributed by atoms with van der Waals surface area (Å²) in [6.45, 7) is 0. The highest BCUT2D eigenvalue weighted by Crippen LogP contribution is 2.15. The highest BCUT2D eigenvalue weighted by atomic mass is 35.5. The van der Waals surface area contributed by atoms with E-state index in [1.165, 1.54) is 6.07 Å². The first-order valence-corrected chi connectivity index (χ1v) is 6.18. The van der Waals surface area contributed by atoms with E-state index in [4.69, 9.17) is 23.2 Å². The van der Waals surface area contributed by atoms with Gasteiger partial charge < -0.3 is 5.32 Å². The minimum atomic E-state index is -0.567. The monoisotopic (exact) mass is 293 g/mol. The fourth-order valence-electron chi connectivity index (χ4n) is 1.52. The zero-order valence-corrected chi connectivity index (χ0v) is 11.2. The van der Waals surface area contributed by atoms with Crippen molar-refractivity contribution in [1.29, 1.82) is 0 Å². The van der Waals surface area contributed by atoms with Gasteiger partial charge in [0.2, 0.25) is 0 Å². The summed E-state index contributed by atoms with van der Waals surface area (Å²) in [6.07, 6.45) is 0. The Labute approximate surface area is 120 Å². The number of amides is 1. The zero-order chi connectivity index (χ0) is 13.8. The highest BCUT2D eigenvalue weighted by molar-refractivity contribution is 6.67. The summed E-state index contributed by atoms with van der Waals surface area (Å²) in [6, 6.07) is 12.9. The van der Waals surface area contributed by atoms with E-state index in [1.807, 2.05) is 0 Å². The topological polar surface area (TPSA) is 46.2 Å². The average molecular weight is 294 g/mol. The van der Waals surface area contributed by atoms with Gasteiger partial charge in [-0.15, -0.1) is 0 Å². The number of carbonyl (C=O) groups is 2. The van der Waals surface area contributed by atoms with Crippen molar-refractivity contribution >= 4 is 40.0 Å². The van der Waals surface area contributed by atoms with Crippen LogP contribution in [-0.4, -0.2) is 11.1 Å². The number of hydrogen-bond donors (Lipinski definition) is 1. The van der Waals surface area contributed by atoms with Crippen molar-refractivity contribution in [3.05, 3.63) is 64.7 Å². The van der Waals surface area contributed by atoms with Crippen molar-refractivity contribution in [2.45, 2.75) is 0 Å². The molecular formula is C14H9Cl2NO2. The molecule has 2 rings (SSSR count). The SMILES string of the molecule is O=C(Cl)c1cccc(NC(=O)c2ccc(Cl)cc2)c1. The summed E-state index contributed by atoms with van der Waals surface area (Å²) < 4.78 is 0. The minimum Gasteiger partial charge on any atom is -0.322 e. The first kappa shape index (κ1) is 13.6. The van der Waals surface area contributed by atoms with E-state index >= 15 is 0 Å². The molecule has 0 radical (unpaired) electrons. The molecule has 0 saturated carbocycles. The fourth-order valence-corrected chi connectivity index (χ4v) is 1.77.